The summed E-state index contributed by atoms with van der Waals surface area (Å²) in [5, 5.41) is 6.34. The molecule has 3 aliphatic rings. The molecule has 2 N–H and O–H groups in total. The third kappa shape index (κ3) is 10.8. The standard InChI is InChI=1S/C38H52N6O9/c1-6-51-37(50)43-18-16-42(17-19-43)36(49)27(13-14-33(46)53-38(3,4)5)41-34(47)29-21-31(26-12-9-24(2)20-28(26)40-29)52-23-32(45)44-15-7-8-30(44)35(48)39-22-25-10-11-25/h9,12,20-21,25,27,30H,6-8,10-11,13-19,22-23H2,1-5H3,(H,39,48)(H,41,47). The van der Waals surface area contributed by atoms with E-state index in [9.17, 15) is 28.8 Å². The largest absolute Gasteiger partial charge is 0.483 e. The van der Waals surface area contributed by atoms with Gasteiger partial charge in [0.15, 0.2) is 6.61 Å². The number of ether oxygens (including phenoxy) is 3. The van der Waals surface area contributed by atoms with Crippen LogP contribution in [-0.2, 0) is 28.7 Å². The quantitative estimate of drug-likeness (QED) is 0.291. The molecule has 2 unspecified atom stereocenters. The first-order chi connectivity index (χ1) is 25.2. The highest BCUT2D eigenvalue weighted by Gasteiger charge is 2.36. The van der Waals surface area contributed by atoms with Gasteiger partial charge in [-0.3, -0.25) is 24.0 Å². The van der Waals surface area contributed by atoms with E-state index < -0.39 is 41.6 Å². The molecule has 3 heterocycles. The molecule has 3 fully saturated rings. The number of benzene rings is 1. The summed E-state index contributed by atoms with van der Waals surface area (Å²) in [4.78, 5) is 88.1. The summed E-state index contributed by atoms with van der Waals surface area (Å²) in [7, 11) is 0. The molecule has 0 spiro atoms. The maximum absolute atomic E-state index is 13.9. The van der Waals surface area contributed by atoms with Crippen molar-refractivity contribution in [2.45, 2.75) is 90.8 Å². The number of hydrogen-bond acceptors (Lipinski definition) is 10. The summed E-state index contributed by atoms with van der Waals surface area (Å²) in [5.41, 5.74) is 0.553. The molecule has 53 heavy (non-hydrogen) atoms. The third-order valence-electron chi connectivity index (χ3n) is 9.43. The van der Waals surface area contributed by atoms with Crippen LogP contribution in [0.2, 0.25) is 0 Å². The molecule has 2 atom stereocenters. The molecule has 5 rings (SSSR count). The number of aromatic nitrogens is 1. The van der Waals surface area contributed by atoms with Gasteiger partial charge in [0.05, 0.1) is 12.1 Å². The number of piperazine rings is 1. The van der Waals surface area contributed by atoms with Crippen LogP contribution in [0.4, 0.5) is 4.79 Å². The zero-order chi connectivity index (χ0) is 38.3. The second kappa shape index (κ2) is 17.3. The predicted molar refractivity (Wildman–Crippen MR) is 194 cm³/mol. The van der Waals surface area contributed by atoms with E-state index in [0.717, 1.165) is 18.4 Å². The molecular formula is C38H52N6O9. The maximum Gasteiger partial charge on any atom is 0.409 e. The molecule has 0 bridgehead atoms. The smallest absolute Gasteiger partial charge is 0.409 e. The zero-order valence-corrected chi connectivity index (χ0v) is 31.4. The van der Waals surface area contributed by atoms with E-state index in [2.05, 4.69) is 15.6 Å². The molecule has 2 saturated heterocycles. The summed E-state index contributed by atoms with van der Waals surface area (Å²) in [6.07, 6.45) is 2.89. The van der Waals surface area contributed by atoms with Crippen LogP contribution >= 0.6 is 0 Å². The Labute approximate surface area is 310 Å². The Morgan fingerprint density at radius 2 is 1.68 bits per heavy atom. The van der Waals surface area contributed by atoms with Gasteiger partial charge in [-0.05, 0) is 90.3 Å². The second-order valence-electron chi connectivity index (χ2n) is 14.9. The molecule has 2 aliphatic heterocycles. The number of fused-ring (bicyclic) bond motifs is 1. The summed E-state index contributed by atoms with van der Waals surface area (Å²) in [5.74, 6) is -1.33. The average molecular weight is 737 g/mol. The fraction of sp³-hybridized carbons (Fsp3) is 0.605. The van der Waals surface area contributed by atoms with Crippen LogP contribution < -0.4 is 15.4 Å². The lowest BCUT2D eigenvalue weighted by molar-refractivity contribution is -0.155. The SMILES string of the molecule is CCOC(=O)N1CCN(C(=O)C(CCC(=O)OC(C)(C)C)NC(=O)c2cc(OCC(=O)N3CCCC3C(=O)NCC3CC3)c3ccc(C)cc3n2)CC1. The van der Waals surface area contributed by atoms with Gasteiger partial charge in [-0.2, -0.15) is 0 Å². The number of hydrogen-bond donors (Lipinski definition) is 2. The number of aryl methyl sites for hydroxylation is 1. The van der Waals surface area contributed by atoms with Crippen molar-refractivity contribution in [1.29, 1.82) is 0 Å². The number of rotatable bonds is 13. The fourth-order valence-corrected chi connectivity index (χ4v) is 6.48. The van der Waals surface area contributed by atoms with E-state index in [4.69, 9.17) is 14.2 Å². The number of carbonyl (C=O) groups excluding carboxylic acids is 6. The number of nitrogens with one attached hydrogen (secondary N) is 2. The van der Waals surface area contributed by atoms with E-state index in [-0.39, 0.29) is 75.5 Å². The first-order valence-electron chi connectivity index (χ1n) is 18.6. The Bertz CT molecular complexity index is 1700. The molecular weight excluding hydrogens is 684 g/mol. The fourth-order valence-electron chi connectivity index (χ4n) is 6.48. The normalized spacial score (nSPS) is 18.0. The molecule has 15 nitrogen and oxygen atoms in total. The molecule has 5 amide bonds. The molecule has 1 saturated carbocycles. The number of likely N-dealkylation sites (tertiary alicyclic amines) is 1. The topological polar surface area (TPSA) is 177 Å². The summed E-state index contributed by atoms with van der Waals surface area (Å²) in [6.45, 7) is 10.7. The van der Waals surface area contributed by atoms with Crippen molar-refractivity contribution in [2.75, 3.05) is 52.5 Å². The average Bonchev–Trinajstić information content (AvgIpc) is 3.82. The highest BCUT2D eigenvalue weighted by molar-refractivity contribution is 5.99. The summed E-state index contributed by atoms with van der Waals surface area (Å²) < 4.78 is 16.6. The van der Waals surface area contributed by atoms with Gasteiger partial charge in [0.2, 0.25) is 11.8 Å². The monoisotopic (exact) mass is 736 g/mol. The van der Waals surface area contributed by atoms with Crippen LogP contribution in [0.15, 0.2) is 24.3 Å². The van der Waals surface area contributed by atoms with Crippen molar-refractivity contribution < 1.29 is 43.0 Å². The van der Waals surface area contributed by atoms with Gasteiger partial charge in [-0.1, -0.05) is 6.07 Å². The van der Waals surface area contributed by atoms with E-state index in [1.54, 1.807) is 49.6 Å². The van der Waals surface area contributed by atoms with Crippen molar-refractivity contribution in [2.24, 2.45) is 5.92 Å². The molecule has 288 valence electrons. The molecule has 2 aromatic rings. The Balaban J connectivity index is 1.31. The number of nitrogens with zero attached hydrogens (tertiary/aromatic N) is 4. The molecule has 15 heteroatoms. The lowest BCUT2D eigenvalue weighted by atomic mass is 10.1. The number of carbonyl (C=O) groups is 6. The van der Waals surface area contributed by atoms with Crippen LogP contribution in [0.5, 0.6) is 5.75 Å². The third-order valence-corrected chi connectivity index (χ3v) is 9.43. The van der Waals surface area contributed by atoms with Crippen molar-refractivity contribution >= 4 is 46.6 Å². The van der Waals surface area contributed by atoms with E-state index in [1.807, 2.05) is 13.0 Å². The highest BCUT2D eigenvalue weighted by atomic mass is 16.6. The van der Waals surface area contributed by atoms with Gasteiger partial charge in [-0.15, -0.1) is 0 Å². The lowest BCUT2D eigenvalue weighted by Crippen LogP contribution is -2.56. The Kier molecular flexibility index (Phi) is 12.8. The Morgan fingerprint density at radius 1 is 0.962 bits per heavy atom. The van der Waals surface area contributed by atoms with Crippen LogP contribution in [-0.4, -0.2) is 126 Å². The Hall–Kier alpha value is -4.95. The minimum absolute atomic E-state index is 0.0344. The van der Waals surface area contributed by atoms with Gasteiger partial charge in [0.25, 0.3) is 11.8 Å². The molecule has 1 aliphatic carbocycles. The number of esters is 1. The van der Waals surface area contributed by atoms with E-state index in [0.29, 0.717) is 42.8 Å². The van der Waals surface area contributed by atoms with E-state index >= 15 is 0 Å². The van der Waals surface area contributed by atoms with Crippen molar-refractivity contribution in [3.8, 4) is 5.75 Å². The second-order valence-corrected chi connectivity index (χ2v) is 14.9. The van der Waals surface area contributed by atoms with Gasteiger partial charge in [0.1, 0.15) is 29.1 Å². The van der Waals surface area contributed by atoms with Gasteiger partial charge in [-0.25, -0.2) is 9.78 Å². The van der Waals surface area contributed by atoms with Crippen molar-refractivity contribution in [3.63, 3.8) is 0 Å². The van der Waals surface area contributed by atoms with Gasteiger partial charge in [0, 0.05) is 57.1 Å². The van der Waals surface area contributed by atoms with E-state index in [1.165, 1.54) is 11.0 Å². The maximum atomic E-state index is 13.9. The number of pyridine rings is 1. The molecule has 0 radical (unpaired) electrons. The van der Waals surface area contributed by atoms with Crippen LogP contribution in [0.3, 0.4) is 0 Å². The Morgan fingerprint density at radius 3 is 2.36 bits per heavy atom. The van der Waals surface area contributed by atoms with Crippen LogP contribution in [0.1, 0.15) is 82.3 Å². The van der Waals surface area contributed by atoms with Crippen LogP contribution in [0, 0.1) is 12.8 Å². The van der Waals surface area contributed by atoms with Crippen molar-refractivity contribution in [3.05, 3.63) is 35.5 Å². The predicted octanol–water partition coefficient (Wildman–Crippen LogP) is 2.96. The minimum atomic E-state index is -1.11. The molecule has 1 aromatic heterocycles. The summed E-state index contributed by atoms with van der Waals surface area (Å²) >= 11 is 0. The minimum Gasteiger partial charge on any atom is -0.483 e. The lowest BCUT2D eigenvalue weighted by Gasteiger charge is -2.36. The van der Waals surface area contributed by atoms with Crippen LogP contribution in [0.25, 0.3) is 10.9 Å². The van der Waals surface area contributed by atoms with Crippen molar-refractivity contribution in [1.82, 2.24) is 30.3 Å². The highest BCUT2D eigenvalue weighted by Crippen LogP contribution is 2.29. The first-order valence-corrected chi connectivity index (χ1v) is 18.6. The van der Waals surface area contributed by atoms with Gasteiger partial charge < -0.3 is 39.5 Å². The molecule has 1 aromatic carbocycles. The van der Waals surface area contributed by atoms with Gasteiger partial charge >= 0.3 is 12.1 Å². The zero-order valence-electron chi connectivity index (χ0n) is 31.4. The number of amides is 5. The summed E-state index contributed by atoms with van der Waals surface area (Å²) in [6, 6.07) is 5.22. The first kappa shape index (κ1) is 39.3.